The first-order valence-electron chi connectivity index (χ1n) is 7.16. The molecule has 5 nitrogen and oxygen atoms in total. The highest BCUT2D eigenvalue weighted by atomic mass is 16.2. The van der Waals surface area contributed by atoms with Crippen LogP contribution in [0.1, 0.15) is 29.7 Å². The molecule has 0 bridgehead atoms. The van der Waals surface area contributed by atoms with Gasteiger partial charge < -0.3 is 10.6 Å². The van der Waals surface area contributed by atoms with E-state index in [1.165, 1.54) is 0 Å². The third-order valence-electron chi connectivity index (χ3n) is 3.96. The van der Waals surface area contributed by atoms with Gasteiger partial charge in [-0.2, -0.15) is 0 Å². The molecule has 1 aliphatic rings. The van der Waals surface area contributed by atoms with Gasteiger partial charge in [0, 0.05) is 31.5 Å². The monoisotopic (exact) mass is 276 g/mol. The lowest BCUT2D eigenvalue weighted by atomic mass is 10.1. The highest BCUT2D eigenvalue weighted by molar-refractivity contribution is 5.78. The first kappa shape index (κ1) is 14.8. The average molecular weight is 276 g/mol. The summed E-state index contributed by atoms with van der Waals surface area (Å²) in [4.78, 5) is 20.5. The Kier molecular flexibility index (Phi) is 4.60. The SMILES string of the molecule is Cc1cnc(CN(C)CC(=O)N2CCCC2)c(C)c1N. The third kappa shape index (κ3) is 3.28. The molecular formula is C15H24N4O. The van der Waals surface area contributed by atoms with Gasteiger partial charge in [0.05, 0.1) is 12.2 Å². The normalized spacial score (nSPS) is 15.1. The number of anilines is 1. The van der Waals surface area contributed by atoms with Crippen molar-refractivity contribution in [2.24, 2.45) is 0 Å². The number of rotatable bonds is 4. The van der Waals surface area contributed by atoms with Crippen molar-refractivity contribution in [1.82, 2.24) is 14.8 Å². The fraction of sp³-hybridized carbons (Fsp3) is 0.600. The van der Waals surface area contributed by atoms with Crippen LogP contribution in [0.25, 0.3) is 0 Å². The lowest BCUT2D eigenvalue weighted by Gasteiger charge is -2.21. The number of hydrogen-bond acceptors (Lipinski definition) is 4. The molecule has 1 aliphatic heterocycles. The number of aryl methyl sites for hydroxylation is 1. The van der Waals surface area contributed by atoms with Crippen LogP contribution in [-0.2, 0) is 11.3 Å². The molecular weight excluding hydrogens is 252 g/mol. The number of nitrogens with zero attached hydrogens (tertiary/aromatic N) is 3. The van der Waals surface area contributed by atoms with Gasteiger partial charge >= 0.3 is 0 Å². The number of carbonyl (C=O) groups is 1. The lowest BCUT2D eigenvalue weighted by Crippen LogP contribution is -2.37. The first-order chi connectivity index (χ1) is 9.49. The minimum Gasteiger partial charge on any atom is -0.398 e. The first-order valence-corrected chi connectivity index (χ1v) is 7.16. The van der Waals surface area contributed by atoms with Crippen molar-refractivity contribution in [3.8, 4) is 0 Å². The van der Waals surface area contributed by atoms with Crippen LogP contribution in [0.2, 0.25) is 0 Å². The molecule has 20 heavy (non-hydrogen) atoms. The molecule has 2 heterocycles. The van der Waals surface area contributed by atoms with Gasteiger partial charge in [-0.1, -0.05) is 0 Å². The Morgan fingerprint density at radius 2 is 2.05 bits per heavy atom. The lowest BCUT2D eigenvalue weighted by molar-refractivity contribution is -0.131. The molecule has 1 aromatic heterocycles. The maximum Gasteiger partial charge on any atom is 0.236 e. The second-order valence-corrected chi connectivity index (χ2v) is 5.69. The highest BCUT2D eigenvalue weighted by Crippen LogP contribution is 2.19. The molecule has 0 aliphatic carbocycles. The number of nitrogen functional groups attached to an aromatic ring is 1. The molecule has 1 aromatic rings. The molecule has 0 radical (unpaired) electrons. The zero-order valence-corrected chi connectivity index (χ0v) is 12.6. The van der Waals surface area contributed by atoms with E-state index in [4.69, 9.17) is 5.73 Å². The summed E-state index contributed by atoms with van der Waals surface area (Å²) in [7, 11) is 1.95. The van der Waals surface area contributed by atoms with E-state index < -0.39 is 0 Å². The minimum atomic E-state index is 0.211. The predicted molar refractivity (Wildman–Crippen MR) is 80.3 cm³/mol. The van der Waals surface area contributed by atoms with Crippen molar-refractivity contribution in [1.29, 1.82) is 0 Å². The smallest absolute Gasteiger partial charge is 0.236 e. The summed E-state index contributed by atoms with van der Waals surface area (Å²) in [5, 5.41) is 0. The van der Waals surface area contributed by atoms with Crippen molar-refractivity contribution in [2.75, 3.05) is 32.4 Å². The summed E-state index contributed by atoms with van der Waals surface area (Å²) < 4.78 is 0. The Morgan fingerprint density at radius 3 is 2.70 bits per heavy atom. The predicted octanol–water partition coefficient (Wildman–Crippen LogP) is 1.33. The average Bonchev–Trinajstić information content (AvgIpc) is 2.93. The molecule has 110 valence electrons. The standard InChI is InChI=1S/C15H24N4O/c1-11-8-17-13(12(2)15(11)16)9-18(3)10-14(20)19-6-4-5-7-19/h8H,4-7,9-10H2,1-3H3,(H2,16,17). The third-order valence-corrected chi connectivity index (χ3v) is 3.96. The van der Waals surface area contributed by atoms with E-state index in [9.17, 15) is 4.79 Å². The fourth-order valence-electron chi connectivity index (χ4n) is 2.56. The van der Waals surface area contributed by atoms with Crippen LogP contribution < -0.4 is 5.73 Å². The van der Waals surface area contributed by atoms with Crippen LogP contribution in [0.15, 0.2) is 6.20 Å². The summed E-state index contributed by atoms with van der Waals surface area (Å²) in [6, 6.07) is 0. The number of carbonyl (C=O) groups excluding carboxylic acids is 1. The molecule has 1 amide bonds. The van der Waals surface area contributed by atoms with Gasteiger partial charge in [-0.05, 0) is 44.9 Å². The van der Waals surface area contributed by atoms with Gasteiger partial charge in [0.2, 0.25) is 5.91 Å². The van der Waals surface area contributed by atoms with Crippen molar-refractivity contribution in [3.63, 3.8) is 0 Å². The number of aromatic nitrogens is 1. The van der Waals surface area contributed by atoms with Crippen LogP contribution in [0.5, 0.6) is 0 Å². The van der Waals surface area contributed by atoms with Crippen molar-refractivity contribution >= 4 is 11.6 Å². The molecule has 0 atom stereocenters. The van der Waals surface area contributed by atoms with E-state index in [2.05, 4.69) is 4.98 Å². The van der Waals surface area contributed by atoms with E-state index in [-0.39, 0.29) is 5.91 Å². The Morgan fingerprint density at radius 1 is 1.40 bits per heavy atom. The van der Waals surface area contributed by atoms with Gasteiger partial charge in [-0.15, -0.1) is 0 Å². The Hall–Kier alpha value is -1.62. The largest absolute Gasteiger partial charge is 0.398 e. The van der Waals surface area contributed by atoms with Crippen LogP contribution in [-0.4, -0.2) is 47.4 Å². The molecule has 0 unspecified atom stereocenters. The van der Waals surface area contributed by atoms with Crippen LogP contribution in [0.4, 0.5) is 5.69 Å². The van der Waals surface area contributed by atoms with Crippen molar-refractivity contribution < 1.29 is 4.79 Å². The van der Waals surface area contributed by atoms with Crippen LogP contribution in [0.3, 0.4) is 0 Å². The molecule has 0 spiro atoms. The van der Waals surface area contributed by atoms with Gasteiger partial charge in [0.1, 0.15) is 0 Å². The van der Waals surface area contributed by atoms with Crippen LogP contribution >= 0.6 is 0 Å². The summed E-state index contributed by atoms with van der Waals surface area (Å²) >= 11 is 0. The quantitative estimate of drug-likeness (QED) is 0.901. The number of likely N-dealkylation sites (N-methyl/N-ethyl adjacent to an activating group) is 1. The number of likely N-dealkylation sites (tertiary alicyclic amines) is 1. The highest BCUT2D eigenvalue weighted by Gasteiger charge is 2.19. The molecule has 2 rings (SSSR count). The maximum atomic E-state index is 12.1. The summed E-state index contributed by atoms with van der Waals surface area (Å²) in [5.41, 5.74) is 9.80. The molecule has 5 heteroatoms. The second kappa shape index (κ2) is 6.22. The molecule has 0 saturated carbocycles. The maximum absolute atomic E-state index is 12.1. The second-order valence-electron chi connectivity index (χ2n) is 5.69. The van der Waals surface area contributed by atoms with Gasteiger partial charge in [-0.25, -0.2) is 0 Å². The Bertz CT molecular complexity index is 495. The number of pyridine rings is 1. The topological polar surface area (TPSA) is 62.5 Å². The number of nitrogens with two attached hydrogens (primary N) is 1. The van der Waals surface area contributed by atoms with Crippen molar-refractivity contribution in [2.45, 2.75) is 33.2 Å². The summed E-state index contributed by atoms with van der Waals surface area (Å²) in [6.45, 7) is 6.84. The molecule has 1 saturated heterocycles. The molecule has 0 aromatic carbocycles. The van der Waals surface area contributed by atoms with E-state index in [0.717, 1.165) is 48.4 Å². The van der Waals surface area contributed by atoms with E-state index in [0.29, 0.717) is 13.1 Å². The molecule has 2 N–H and O–H groups in total. The Balaban J connectivity index is 1.96. The van der Waals surface area contributed by atoms with E-state index >= 15 is 0 Å². The fourth-order valence-corrected chi connectivity index (χ4v) is 2.56. The van der Waals surface area contributed by atoms with Gasteiger partial charge in [0.25, 0.3) is 0 Å². The molecule has 1 fully saturated rings. The van der Waals surface area contributed by atoms with Crippen molar-refractivity contribution in [3.05, 3.63) is 23.0 Å². The van der Waals surface area contributed by atoms with Gasteiger partial charge in [-0.3, -0.25) is 14.7 Å². The zero-order chi connectivity index (χ0) is 14.7. The number of hydrogen-bond donors (Lipinski definition) is 1. The van der Waals surface area contributed by atoms with E-state index in [1.54, 1.807) is 6.20 Å². The Labute approximate surface area is 120 Å². The van der Waals surface area contributed by atoms with E-state index in [1.807, 2.05) is 30.7 Å². The summed E-state index contributed by atoms with van der Waals surface area (Å²) in [6.07, 6.45) is 4.06. The van der Waals surface area contributed by atoms with Crippen LogP contribution in [0, 0.1) is 13.8 Å². The zero-order valence-electron chi connectivity index (χ0n) is 12.6. The summed E-state index contributed by atoms with van der Waals surface area (Å²) in [5.74, 6) is 0.211. The number of amides is 1. The van der Waals surface area contributed by atoms with Gasteiger partial charge in [0.15, 0.2) is 0 Å². The minimum absolute atomic E-state index is 0.211.